The third-order valence-electron chi connectivity index (χ3n) is 7.16. The minimum Gasteiger partial charge on any atom is -0.463 e. The first kappa shape index (κ1) is 31.1. The zero-order valence-electron chi connectivity index (χ0n) is 24.1. The normalized spacial score (nSPS) is 21.6. The molecule has 0 aromatic heterocycles. The Balaban J connectivity index is 3.17. The van der Waals surface area contributed by atoms with Crippen LogP contribution < -0.4 is 5.32 Å². The van der Waals surface area contributed by atoms with Crippen LogP contribution in [0.3, 0.4) is 0 Å². The lowest BCUT2D eigenvalue weighted by Gasteiger charge is -2.43. The SMILES string of the molecule is CCOC(=O)/C(C)=C/[C@H](C(C)C)N(C)C(=O)[C@@H](NC(=O)[C@H]1CCC(CC)CN1C(C)C)C(C)(C)C. The predicted octanol–water partition coefficient (Wildman–Crippen LogP) is 4.41. The maximum atomic E-state index is 13.8. The molecule has 0 bridgehead atoms. The number of likely N-dealkylation sites (tertiary alicyclic amines) is 1. The van der Waals surface area contributed by atoms with Gasteiger partial charge in [0.25, 0.3) is 0 Å². The summed E-state index contributed by atoms with van der Waals surface area (Å²) >= 11 is 0. The van der Waals surface area contributed by atoms with Crippen LogP contribution in [0.25, 0.3) is 0 Å². The van der Waals surface area contributed by atoms with Crippen LogP contribution in [-0.4, -0.2) is 72.0 Å². The molecule has 1 heterocycles. The highest BCUT2D eigenvalue weighted by Crippen LogP contribution is 2.28. The minimum atomic E-state index is -0.685. The van der Waals surface area contributed by atoms with Gasteiger partial charge in [0.1, 0.15) is 6.04 Å². The number of amides is 2. The molecule has 0 radical (unpaired) electrons. The van der Waals surface area contributed by atoms with Gasteiger partial charge in [0.15, 0.2) is 0 Å². The number of ether oxygens (including phenoxy) is 1. The predicted molar refractivity (Wildman–Crippen MR) is 142 cm³/mol. The second-order valence-corrected chi connectivity index (χ2v) is 11.7. The molecule has 0 aromatic rings. The molecule has 2 amide bonds. The van der Waals surface area contributed by atoms with E-state index in [9.17, 15) is 14.4 Å². The smallest absolute Gasteiger partial charge is 0.333 e. The topological polar surface area (TPSA) is 79.0 Å². The second kappa shape index (κ2) is 13.4. The summed E-state index contributed by atoms with van der Waals surface area (Å²) in [6.07, 6.45) is 4.74. The van der Waals surface area contributed by atoms with Gasteiger partial charge >= 0.3 is 5.97 Å². The van der Waals surface area contributed by atoms with Crippen molar-refractivity contribution in [1.29, 1.82) is 0 Å². The molecular weight excluding hydrogens is 442 g/mol. The number of carbonyl (C=O) groups is 3. The first-order valence-corrected chi connectivity index (χ1v) is 13.3. The molecule has 1 fully saturated rings. The Kier molecular flexibility index (Phi) is 11.9. The van der Waals surface area contributed by atoms with Gasteiger partial charge in [-0.3, -0.25) is 14.5 Å². The molecule has 202 valence electrons. The second-order valence-electron chi connectivity index (χ2n) is 11.7. The third-order valence-corrected chi connectivity index (χ3v) is 7.16. The number of rotatable bonds is 10. The van der Waals surface area contributed by atoms with E-state index in [0.29, 0.717) is 18.1 Å². The van der Waals surface area contributed by atoms with E-state index in [1.165, 1.54) is 0 Å². The van der Waals surface area contributed by atoms with Gasteiger partial charge in [-0.15, -0.1) is 0 Å². The van der Waals surface area contributed by atoms with Crippen LogP contribution in [-0.2, 0) is 19.1 Å². The van der Waals surface area contributed by atoms with Gasteiger partial charge in [-0.05, 0) is 57.8 Å². The van der Waals surface area contributed by atoms with Gasteiger partial charge in [0, 0.05) is 25.2 Å². The van der Waals surface area contributed by atoms with E-state index in [4.69, 9.17) is 4.74 Å². The largest absolute Gasteiger partial charge is 0.463 e. The highest BCUT2D eigenvalue weighted by atomic mass is 16.5. The summed E-state index contributed by atoms with van der Waals surface area (Å²) in [5.41, 5.74) is -0.00655. The van der Waals surface area contributed by atoms with Crippen LogP contribution in [0.4, 0.5) is 0 Å². The Morgan fingerprint density at radius 3 is 2.17 bits per heavy atom. The summed E-state index contributed by atoms with van der Waals surface area (Å²) < 4.78 is 5.12. The average molecular weight is 494 g/mol. The number of nitrogens with one attached hydrogen (secondary N) is 1. The third kappa shape index (κ3) is 8.62. The number of carbonyl (C=O) groups excluding carboxylic acids is 3. The summed E-state index contributed by atoms with van der Waals surface area (Å²) in [4.78, 5) is 43.5. The molecule has 1 aliphatic heterocycles. The van der Waals surface area contributed by atoms with Crippen molar-refractivity contribution in [2.45, 2.75) is 113 Å². The molecule has 0 spiro atoms. The molecule has 1 N–H and O–H groups in total. The molecule has 1 aliphatic rings. The number of hydrogen-bond acceptors (Lipinski definition) is 5. The van der Waals surface area contributed by atoms with Crippen molar-refractivity contribution in [3.63, 3.8) is 0 Å². The summed E-state index contributed by atoms with van der Waals surface area (Å²) in [6, 6.07) is -0.961. The van der Waals surface area contributed by atoms with Crippen molar-refractivity contribution < 1.29 is 19.1 Å². The van der Waals surface area contributed by atoms with Crippen LogP contribution >= 0.6 is 0 Å². The Hall–Kier alpha value is -1.89. The lowest BCUT2D eigenvalue weighted by molar-refractivity contribution is -0.142. The Morgan fingerprint density at radius 2 is 1.71 bits per heavy atom. The van der Waals surface area contributed by atoms with E-state index in [1.54, 1.807) is 31.9 Å². The van der Waals surface area contributed by atoms with Gasteiger partial charge in [-0.1, -0.05) is 54.0 Å². The number of esters is 1. The first-order valence-electron chi connectivity index (χ1n) is 13.3. The van der Waals surface area contributed by atoms with Gasteiger partial charge in [0.2, 0.25) is 11.8 Å². The van der Waals surface area contributed by atoms with E-state index in [-0.39, 0.29) is 41.8 Å². The maximum absolute atomic E-state index is 13.8. The lowest BCUT2D eigenvalue weighted by Crippen LogP contribution is -2.61. The fourth-order valence-electron chi connectivity index (χ4n) is 4.82. The van der Waals surface area contributed by atoms with Crippen molar-refractivity contribution in [2.24, 2.45) is 17.3 Å². The van der Waals surface area contributed by atoms with Gasteiger partial charge in [-0.25, -0.2) is 4.79 Å². The molecule has 7 nitrogen and oxygen atoms in total. The number of likely N-dealkylation sites (N-methyl/N-ethyl adjacent to an activating group) is 1. The Morgan fingerprint density at radius 1 is 1.11 bits per heavy atom. The highest BCUT2D eigenvalue weighted by Gasteiger charge is 2.40. The van der Waals surface area contributed by atoms with Crippen LogP contribution in [0.1, 0.15) is 88.5 Å². The standard InChI is InChI=1S/C28H51N3O4/c1-12-21-14-15-22(31(17-21)19(5)6)25(32)29-24(28(8,9)10)26(33)30(11)23(18(3)4)16-20(7)27(34)35-13-2/h16,18-19,21-24H,12-15,17H2,1-11H3,(H,29,32)/b20-16+/t21?,22-,23-,24-/m1/s1. The summed E-state index contributed by atoms with van der Waals surface area (Å²) in [6.45, 7) is 21.1. The van der Waals surface area contributed by atoms with Crippen molar-refractivity contribution in [2.75, 3.05) is 20.2 Å². The fraction of sp³-hybridized carbons (Fsp3) is 0.821. The maximum Gasteiger partial charge on any atom is 0.333 e. The Bertz CT molecular complexity index is 754. The van der Waals surface area contributed by atoms with Crippen LogP contribution in [0.2, 0.25) is 0 Å². The fourth-order valence-corrected chi connectivity index (χ4v) is 4.82. The van der Waals surface area contributed by atoms with E-state index >= 15 is 0 Å². The molecule has 1 unspecified atom stereocenters. The van der Waals surface area contributed by atoms with Crippen LogP contribution in [0.15, 0.2) is 11.6 Å². The summed E-state index contributed by atoms with van der Waals surface area (Å²) in [5.74, 6) is 0.0699. The summed E-state index contributed by atoms with van der Waals surface area (Å²) in [7, 11) is 1.75. The van der Waals surface area contributed by atoms with E-state index in [1.807, 2.05) is 34.6 Å². The molecule has 1 saturated heterocycles. The quantitative estimate of drug-likeness (QED) is 0.360. The van der Waals surface area contributed by atoms with Crippen molar-refractivity contribution >= 4 is 17.8 Å². The highest BCUT2D eigenvalue weighted by molar-refractivity contribution is 5.91. The molecule has 0 aromatic carbocycles. The van der Waals surface area contributed by atoms with Gasteiger partial charge in [0.05, 0.1) is 18.7 Å². The summed E-state index contributed by atoms with van der Waals surface area (Å²) in [5, 5.41) is 3.13. The number of piperidine rings is 1. The van der Waals surface area contributed by atoms with Crippen molar-refractivity contribution in [3.05, 3.63) is 11.6 Å². The molecule has 35 heavy (non-hydrogen) atoms. The van der Waals surface area contributed by atoms with Crippen LogP contribution in [0, 0.1) is 17.3 Å². The monoisotopic (exact) mass is 493 g/mol. The van der Waals surface area contributed by atoms with E-state index in [0.717, 1.165) is 25.8 Å². The number of nitrogens with zero attached hydrogens (tertiary/aromatic N) is 2. The zero-order valence-corrected chi connectivity index (χ0v) is 24.1. The van der Waals surface area contributed by atoms with E-state index in [2.05, 4.69) is 31.0 Å². The molecule has 0 saturated carbocycles. The van der Waals surface area contributed by atoms with Crippen molar-refractivity contribution in [1.82, 2.24) is 15.1 Å². The lowest BCUT2D eigenvalue weighted by atomic mass is 9.84. The molecule has 1 rings (SSSR count). The van der Waals surface area contributed by atoms with Crippen LogP contribution in [0.5, 0.6) is 0 Å². The van der Waals surface area contributed by atoms with Gasteiger partial charge in [-0.2, -0.15) is 0 Å². The Labute approximate surface area is 214 Å². The van der Waals surface area contributed by atoms with Crippen molar-refractivity contribution in [3.8, 4) is 0 Å². The molecule has 4 atom stereocenters. The van der Waals surface area contributed by atoms with E-state index < -0.39 is 11.5 Å². The molecule has 7 heteroatoms. The molecule has 0 aliphatic carbocycles. The van der Waals surface area contributed by atoms with Gasteiger partial charge < -0.3 is 15.0 Å². The zero-order chi connectivity index (χ0) is 27.1. The number of hydrogen-bond donors (Lipinski definition) is 1. The minimum absolute atomic E-state index is 0.0744. The molecular formula is C28H51N3O4. The first-order chi connectivity index (χ1) is 16.1. The average Bonchev–Trinajstić information content (AvgIpc) is 2.78.